The molecule has 0 aliphatic rings. The predicted molar refractivity (Wildman–Crippen MR) is 57.3 cm³/mol. The van der Waals surface area contributed by atoms with Crippen LogP contribution in [0.25, 0.3) is 11.4 Å². The third kappa shape index (κ3) is 2.24. The fourth-order valence-electron chi connectivity index (χ4n) is 1.21. The third-order valence-electron chi connectivity index (χ3n) is 1.95. The summed E-state index contributed by atoms with van der Waals surface area (Å²) in [6.45, 7) is 1.98. The van der Waals surface area contributed by atoms with E-state index in [1.54, 1.807) is 0 Å². The number of hydrogen-bond acceptors (Lipinski definition) is 3. The van der Waals surface area contributed by atoms with Crippen LogP contribution in [0.15, 0.2) is 24.3 Å². The molecule has 2 rings (SSSR count). The van der Waals surface area contributed by atoms with E-state index in [2.05, 4.69) is 15.0 Å². The number of aryl methyl sites for hydroxylation is 1. The maximum atomic E-state index is 12.9. The largest absolute Gasteiger partial charge is 0.300 e. The van der Waals surface area contributed by atoms with E-state index < -0.39 is 6.08 Å². The fourth-order valence-corrected chi connectivity index (χ4v) is 1.38. The van der Waals surface area contributed by atoms with Crippen LogP contribution in [0, 0.1) is 17.8 Å². The van der Waals surface area contributed by atoms with E-state index in [-0.39, 0.29) is 4.77 Å². The van der Waals surface area contributed by atoms with Gasteiger partial charge in [-0.1, -0.05) is 29.8 Å². The Hall–Kier alpha value is -1.62. The minimum absolute atomic E-state index is 0.00169. The van der Waals surface area contributed by atoms with Crippen molar-refractivity contribution in [3.63, 3.8) is 0 Å². The van der Waals surface area contributed by atoms with Crippen LogP contribution in [0.1, 0.15) is 5.56 Å². The van der Waals surface area contributed by atoms with Crippen molar-refractivity contribution in [1.29, 1.82) is 0 Å². The molecule has 0 amide bonds. The topological polar surface area (TPSA) is 41.6 Å². The molecule has 15 heavy (non-hydrogen) atoms. The van der Waals surface area contributed by atoms with Gasteiger partial charge in [0.05, 0.1) is 0 Å². The lowest BCUT2D eigenvalue weighted by molar-refractivity contribution is 0.532. The number of aromatic amines is 1. The van der Waals surface area contributed by atoms with Crippen molar-refractivity contribution in [3.05, 3.63) is 40.7 Å². The van der Waals surface area contributed by atoms with E-state index in [1.807, 2.05) is 31.2 Å². The van der Waals surface area contributed by atoms with Crippen molar-refractivity contribution in [2.24, 2.45) is 0 Å². The van der Waals surface area contributed by atoms with Crippen LogP contribution in [0.5, 0.6) is 0 Å². The summed E-state index contributed by atoms with van der Waals surface area (Å²) >= 11 is 4.73. The lowest BCUT2D eigenvalue weighted by Gasteiger charge is -2.00. The average molecular weight is 221 g/mol. The van der Waals surface area contributed by atoms with Crippen LogP contribution in [0.4, 0.5) is 4.39 Å². The van der Waals surface area contributed by atoms with Gasteiger partial charge in [0.2, 0.25) is 4.77 Å². The van der Waals surface area contributed by atoms with Gasteiger partial charge in [-0.2, -0.15) is 9.37 Å². The van der Waals surface area contributed by atoms with Crippen LogP contribution in [-0.2, 0) is 0 Å². The molecule has 0 fully saturated rings. The van der Waals surface area contributed by atoms with Gasteiger partial charge in [0.25, 0.3) is 6.08 Å². The standard InChI is InChI=1S/C10H8FN3S/c1-6-2-4-7(5-3-6)8-12-9(11)14-10(15)13-8/h2-5H,1H3,(H,12,13,14,15). The van der Waals surface area contributed by atoms with Crippen molar-refractivity contribution in [2.75, 3.05) is 0 Å². The minimum atomic E-state index is -0.717. The predicted octanol–water partition coefficient (Wildman–Crippen LogP) is 2.65. The smallest absolute Gasteiger partial charge is 0.290 e. The first kappa shape index (κ1) is 9.92. The molecule has 2 aromatic rings. The maximum absolute atomic E-state index is 12.9. The van der Waals surface area contributed by atoms with Crippen LogP contribution in [0.2, 0.25) is 0 Å². The van der Waals surface area contributed by atoms with Gasteiger partial charge >= 0.3 is 0 Å². The van der Waals surface area contributed by atoms with Gasteiger partial charge < -0.3 is 0 Å². The third-order valence-corrected chi connectivity index (χ3v) is 2.13. The SMILES string of the molecule is Cc1ccc(-c2nc(=S)nc(F)[nH]2)cc1. The summed E-state index contributed by atoms with van der Waals surface area (Å²) in [5.74, 6) is 0.396. The Labute approximate surface area is 91.0 Å². The van der Waals surface area contributed by atoms with Crippen molar-refractivity contribution >= 4 is 12.2 Å². The van der Waals surface area contributed by atoms with Crippen molar-refractivity contribution in [2.45, 2.75) is 6.92 Å². The lowest BCUT2D eigenvalue weighted by atomic mass is 10.1. The molecule has 1 aromatic heterocycles. The van der Waals surface area contributed by atoms with E-state index in [9.17, 15) is 4.39 Å². The van der Waals surface area contributed by atoms with Gasteiger partial charge in [0, 0.05) is 5.56 Å². The van der Waals surface area contributed by atoms with Crippen LogP contribution < -0.4 is 0 Å². The van der Waals surface area contributed by atoms with Gasteiger partial charge in [-0.25, -0.2) is 4.98 Å². The Morgan fingerprint density at radius 2 is 1.87 bits per heavy atom. The van der Waals surface area contributed by atoms with E-state index in [0.717, 1.165) is 11.1 Å². The highest BCUT2D eigenvalue weighted by Crippen LogP contribution is 2.14. The molecule has 0 atom stereocenters. The molecule has 0 saturated carbocycles. The first-order valence-electron chi connectivity index (χ1n) is 4.36. The Balaban J connectivity index is 2.54. The lowest BCUT2D eigenvalue weighted by Crippen LogP contribution is -1.96. The number of aromatic nitrogens is 3. The second kappa shape index (κ2) is 3.86. The Morgan fingerprint density at radius 1 is 1.20 bits per heavy atom. The van der Waals surface area contributed by atoms with Crippen molar-refractivity contribution in [3.8, 4) is 11.4 Å². The molecule has 0 unspecified atom stereocenters. The first-order chi connectivity index (χ1) is 7.15. The van der Waals surface area contributed by atoms with Gasteiger partial charge in [0.15, 0.2) is 0 Å². The Bertz CT molecular complexity index is 533. The highest BCUT2D eigenvalue weighted by atomic mass is 32.1. The van der Waals surface area contributed by atoms with Crippen LogP contribution in [0.3, 0.4) is 0 Å². The maximum Gasteiger partial charge on any atom is 0.290 e. The molecule has 1 heterocycles. The zero-order chi connectivity index (χ0) is 10.8. The number of benzene rings is 1. The molecule has 1 N–H and O–H groups in total. The molecular weight excluding hydrogens is 213 g/mol. The zero-order valence-electron chi connectivity index (χ0n) is 7.99. The monoisotopic (exact) mass is 221 g/mol. The van der Waals surface area contributed by atoms with E-state index >= 15 is 0 Å². The summed E-state index contributed by atoms with van der Waals surface area (Å²) < 4.78 is 12.9. The number of nitrogens with zero attached hydrogens (tertiary/aromatic N) is 2. The van der Waals surface area contributed by atoms with Crippen molar-refractivity contribution < 1.29 is 4.39 Å². The summed E-state index contributed by atoms with van der Waals surface area (Å²) in [6, 6.07) is 7.54. The average Bonchev–Trinajstić information content (AvgIpc) is 2.17. The number of hydrogen-bond donors (Lipinski definition) is 1. The van der Waals surface area contributed by atoms with Crippen molar-refractivity contribution in [1.82, 2.24) is 15.0 Å². The minimum Gasteiger partial charge on any atom is -0.300 e. The molecule has 76 valence electrons. The number of halogens is 1. The molecule has 1 aromatic carbocycles. The second-order valence-electron chi connectivity index (χ2n) is 3.14. The summed E-state index contributed by atoms with van der Waals surface area (Å²) in [4.78, 5) is 9.73. The molecule has 0 bridgehead atoms. The van der Waals surface area contributed by atoms with E-state index in [0.29, 0.717) is 5.82 Å². The Kier molecular flexibility index (Phi) is 2.55. The summed E-state index contributed by atoms with van der Waals surface area (Å²) in [5, 5.41) is 0. The fraction of sp³-hybridized carbons (Fsp3) is 0.100. The molecule has 0 spiro atoms. The molecule has 0 aliphatic carbocycles. The summed E-state index contributed by atoms with van der Waals surface area (Å²) in [6.07, 6.45) is -0.717. The zero-order valence-corrected chi connectivity index (χ0v) is 8.81. The van der Waals surface area contributed by atoms with Crippen LogP contribution >= 0.6 is 12.2 Å². The van der Waals surface area contributed by atoms with Crippen LogP contribution in [-0.4, -0.2) is 15.0 Å². The van der Waals surface area contributed by atoms with E-state index in [1.165, 1.54) is 0 Å². The molecule has 0 aliphatic heterocycles. The van der Waals surface area contributed by atoms with Gasteiger partial charge in [-0.15, -0.1) is 0 Å². The highest BCUT2D eigenvalue weighted by Gasteiger charge is 2.02. The Morgan fingerprint density at radius 3 is 2.47 bits per heavy atom. The van der Waals surface area contributed by atoms with Gasteiger partial charge in [-0.05, 0) is 19.1 Å². The number of H-pyrrole nitrogens is 1. The quantitative estimate of drug-likeness (QED) is 0.753. The molecule has 3 nitrogen and oxygen atoms in total. The number of nitrogens with one attached hydrogen (secondary N) is 1. The highest BCUT2D eigenvalue weighted by molar-refractivity contribution is 7.71. The molecule has 5 heteroatoms. The summed E-state index contributed by atoms with van der Waals surface area (Å²) in [5.41, 5.74) is 1.92. The molecule has 0 radical (unpaired) electrons. The first-order valence-corrected chi connectivity index (χ1v) is 4.77. The summed E-state index contributed by atoms with van der Waals surface area (Å²) in [7, 11) is 0. The second-order valence-corrected chi connectivity index (χ2v) is 3.50. The normalized spacial score (nSPS) is 10.3. The van der Waals surface area contributed by atoms with E-state index in [4.69, 9.17) is 12.2 Å². The van der Waals surface area contributed by atoms with Gasteiger partial charge in [0.1, 0.15) is 5.82 Å². The van der Waals surface area contributed by atoms with Gasteiger partial charge in [-0.3, -0.25) is 4.98 Å². The number of rotatable bonds is 1. The molecule has 0 saturated heterocycles. The molecular formula is C10H8FN3S.